The van der Waals surface area contributed by atoms with Crippen LogP contribution in [-0.4, -0.2) is 18.2 Å². The monoisotopic (exact) mass is 181 g/mol. The van der Waals surface area contributed by atoms with Crippen molar-refractivity contribution in [2.45, 2.75) is 0 Å². The van der Waals surface area contributed by atoms with Gasteiger partial charge in [0.05, 0.1) is 11.4 Å². The minimum absolute atomic E-state index is 0.0694. The minimum atomic E-state index is -0.350. The van der Waals surface area contributed by atoms with Crippen molar-refractivity contribution in [1.29, 1.82) is 0 Å². The number of carbonyl (C=O) groups is 1. The number of benzene rings is 1. The molecule has 0 radical (unpaired) electrons. The molecule has 0 spiro atoms. The third-order valence-electron chi connectivity index (χ3n) is 1.51. The largest absolute Gasteiger partial charge is 0.508 e. The van der Waals surface area contributed by atoms with Crippen LogP contribution >= 0.6 is 0 Å². The van der Waals surface area contributed by atoms with Crippen LogP contribution in [0.1, 0.15) is 0 Å². The van der Waals surface area contributed by atoms with Gasteiger partial charge in [0.1, 0.15) is 5.75 Å². The van der Waals surface area contributed by atoms with Crippen molar-refractivity contribution in [3.05, 3.63) is 18.2 Å². The number of phenols is 1. The molecule has 5 nitrogen and oxygen atoms in total. The molecule has 0 fully saturated rings. The van der Waals surface area contributed by atoms with Gasteiger partial charge in [-0.2, -0.15) is 0 Å². The van der Waals surface area contributed by atoms with Gasteiger partial charge in [0.2, 0.25) is 0 Å². The third-order valence-corrected chi connectivity index (χ3v) is 1.51. The molecule has 0 aliphatic rings. The summed E-state index contributed by atoms with van der Waals surface area (Å²) >= 11 is 0. The van der Waals surface area contributed by atoms with E-state index in [-0.39, 0.29) is 11.8 Å². The lowest BCUT2D eigenvalue weighted by Gasteiger charge is -2.07. The average Bonchev–Trinajstić information content (AvgIpc) is 2.09. The van der Waals surface area contributed by atoms with Crippen LogP contribution in [0.5, 0.6) is 5.75 Å². The molecule has 0 unspecified atom stereocenters. The Morgan fingerprint density at radius 3 is 2.77 bits per heavy atom. The average molecular weight is 181 g/mol. The molecule has 2 amide bonds. The highest BCUT2D eigenvalue weighted by molar-refractivity contribution is 5.92. The second-order valence-corrected chi connectivity index (χ2v) is 2.48. The zero-order chi connectivity index (χ0) is 9.84. The summed E-state index contributed by atoms with van der Waals surface area (Å²) in [7, 11) is 1.51. The van der Waals surface area contributed by atoms with Gasteiger partial charge in [0, 0.05) is 13.1 Å². The van der Waals surface area contributed by atoms with Gasteiger partial charge in [-0.15, -0.1) is 0 Å². The fraction of sp³-hybridized carbons (Fsp3) is 0.125. The van der Waals surface area contributed by atoms with Crippen molar-refractivity contribution in [3.63, 3.8) is 0 Å². The summed E-state index contributed by atoms with van der Waals surface area (Å²) in [5.74, 6) is 0.0694. The first-order valence-corrected chi connectivity index (χ1v) is 3.70. The molecule has 0 atom stereocenters. The Kier molecular flexibility index (Phi) is 2.59. The predicted octanol–water partition coefficient (Wildman–Crippen LogP) is 0.726. The molecule has 13 heavy (non-hydrogen) atoms. The van der Waals surface area contributed by atoms with Crippen LogP contribution in [0.3, 0.4) is 0 Å². The van der Waals surface area contributed by atoms with Crippen molar-refractivity contribution in [2.24, 2.45) is 0 Å². The van der Waals surface area contributed by atoms with Crippen molar-refractivity contribution >= 4 is 17.4 Å². The molecule has 0 saturated carbocycles. The SMILES string of the molecule is CNC(=O)Nc1ccc(O)cc1N. The summed E-state index contributed by atoms with van der Waals surface area (Å²) < 4.78 is 0. The number of urea groups is 1. The Hall–Kier alpha value is -1.91. The van der Waals surface area contributed by atoms with Gasteiger partial charge in [-0.25, -0.2) is 4.79 Å². The highest BCUT2D eigenvalue weighted by Gasteiger charge is 2.02. The van der Waals surface area contributed by atoms with E-state index in [1.165, 1.54) is 25.2 Å². The number of anilines is 2. The topological polar surface area (TPSA) is 87.4 Å². The number of amides is 2. The lowest BCUT2D eigenvalue weighted by Crippen LogP contribution is -2.24. The van der Waals surface area contributed by atoms with Crippen LogP contribution < -0.4 is 16.4 Å². The molecule has 1 aromatic rings. The van der Waals surface area contributed by atoms with E-state index in [2.05, 4.69) is 10.6 Å². The molecular weight excluding hydrogens is 170 g/mol. The van der Waals surface area contributed by atoms with Gasteiger partial charge in [0.15, 0.2) is 0 Å². The zero-order valence-electron chi connectivity index (χ0n) is 7.16. The van der Waals surface area contributed by atoms with Crippen molar-refractivity contribution in [2.75, 3.05) is 18.1 Å². The van der Waals surface area contributed by atoms with Crippen molar-refractivity contribution < 1.29 is 9.90 Å². The maximum Gasteiger partial charge on any atom is 0.319 e. The highest BCUT2D eigenvalue weighted by Crippen LogP contribution is 2.22. The third kappa shape index (κ3) is 2.26. The molecule has 70 valence electrons. The van der Waals surface area contributed by atoms with Crippen molar-refractivity contribution in [1.82, 2.24) is 5.32 Å². The standard InChI is InChI=1S/C8H11N3O2/c1-10-8(13)11-7-3-2-5(12)4-6(7)9/h2-4,12H,9H2,1H3,(H2,10,11,13). The molecular formula is C8H11N3O2. The van der Waals surface area contributed by atoms with Crippen LogP contribution in [-0.2, 0) is 0 Å². The molecule has 0 bridgehead atoms. The number of hydrogen-bond acceptors (Lipinski definition) is 3. The summed E-state index contributed by atoms with van der Waals surface area (Å²) in [6.45, 7) is 0. The quantitative estimate of drug-likeness (QED) is 0.380. The second kappa shape index (κ2) is 3.66. The van der Waals surface area contributed by atoms with E-state index in [9.17, 15) is 4.79 Å². The molecule has 1 aromatic carbocycles. The molecule has 0 saturated heterocycles. The number of phenolic OH excluding ortho intramolecular Hbond substituents is 1. The van der Waals surface area contributed by atoms with Gasteiger partial charge >= 0.3 is 6.03 Å². The molecule has 5 N–H and O–H groups in total. The van der Waals surface area contributed by atoms with Crippen LogP contribution in [0.15, 0.2) is 18.2 Å². The van der Waals surface area contributed by atoms with Crippen LogP contribution in [0.25, 0.3) is 0 Å². The van der Waals surface area contributed by atoms with Gasteiger partial charge in [-0.1, -0.05) is 0 Å². The van der Waals surface area contributed by atoms with E-state index >= 15 is 0 Å². The number of rotatable bonds is 1. The van der Waals surface area contributed by atoms with Gasteiger partial charge in [-0.3, -0.25) is 0 Å². The summed E-state index contributed by atoms with van der Waals surface area (Å²) in [6.07, 6.45) is 0. The van der Waals surface area contributed by atoms with E-state index in [4.69, 9.17) is 10.8 Å². The van der Waals surface area contributed by atoms with E-state index in [1.807, 2.05) is 0 Å². The summed E-state index contributed by atoms with van der Waals surface area (Å²) in [5.41, 5.74) is 6.31. The van der Waals surface area contributed by atoms with Gasteiger partial charge in [0.25, 0.3) is 0 Å². The number of nitrogen functional groups attached to an aromatic ring is 1. The second-order valence-electron chi connectivity index (χ2n) is 2.48. The smallest absolute Gasteiger partial charge is 0.319 e. The lowest BCUT2D eigenvalue weighted by molar-refractivity contribution is 0.254. The number of nitrogens with two attached hydrogens (primary N) is 1. The van der Waals surface area contributed by atoms with E-state index in [1.54, 1.807) is 0 Å². The fourth-order valence-electron chi connectivity index (χ4n) is 0.849. The number of carbonyl (C=O) groups excluding carboxylic acids is 1. The van der Waals surface area contributed by atoms with Crippen molar-refractivity contribution in [3.8, 4) is 5.75 Å². The molecule has 1 rings (SSSR count). The Morgan fingerprint density at radius 2 is 2.23 bits per heavy atom. The maximum atomic E-state index is 10.9. The normalized spacial score (nSPS) is 9.31. The van der Waals surface area contributed by atoms with Gasteiger partial charge in [-0.05, 0) is 12.1 Å². The first-order chi connectivity index (χ1) is 6.13. The van der Waals surface area contributed by atoms with E-state index < -0.39 is 0 Å². The Morgan fingerprint density at radius 1 is 1.54 bits per heavy atom. The number of hydrogen-bond donors (Lipinski definition) is 4. The minimum Gasteiger partial charge on any atom is -0.508 e. The highest BCUT2D eigenvalue weighted by atomic mass is 16.3. The summed E-state index contributed by atoms with van der Waals surface area (Å²) in [4.78, 5) is 10.9. The predicted molar refractivity (Wildman–Crippen MR) is 50.6 cm³/mol. The molecule has 5 heteroatoms. The Labute approximate surface area is 75.6 Å². The summed E-state index contributed by atoms with van der Waals surface area (Å²) in [5, 5.41) is 13.9. The molecule has 0 heterocycles. The zero-order valence-corrected chi connectivity index (χ0v) is 7.16. The van der Waals surface area contributed by atoms with Crippen LogP contribution in [0.2, 0.25) is 0 Å². The number of aromatic hydroxyl groups is 1. The summed E-state index contributed by atoms with van der Waals surface area (Å²) in [6, 6.07) is 3.99. The van der Waals surface area contributed by atoms with Crippen LogP contribution in [0, 0.1) is 0 Å². The Bertz CT molecular complexity index is 325. The number of nitrogens with one attached hydrogen (secondary N) is 2. The Balaban J connectivity index is 2.83. The van der Waals surface area contributed by atoms with E-state index in [0.717, 1.165) is 0 Å². The maximum absolute atomic E-state index is 10.9. The van der Waals surface area contributed by atoms with Crippen LogP contribution in [0.4, 0.5) is 16.2 Å². The molecule has 0 aliphatic heterocycles. The molecule has 0 aromatic heterocycles. The first kappa shape index (κ1) is 9.18. The lowest BCUT2D eigenvalue weighted by atomic mass is 10.2. The van der Waals surface area contributed by atoms with Gasteiger partial charge < -0.3 is 21.5 Å². The van der Waals surface area contributed by atoms with E-state index in [0.29, 0.717) is 11.4 Å². The molecule has 0 aliphatic carbocycles. The first-order valence-electron chi connectivity index (χ1n) is 3.70. The fourth-order valence-corrected chi connectivity index (χ4v) is 0.849.